The molecule has 0 atom stereocenters. The van der Waals surface area contributed by atoms with E-state index < -0.39 is 0 Å². The van der Waals surface area contributed by atoms with Gasteiger partial charge in [0.2, 0.25) is 0 Å². The molecular weight excluding hydrogens is 538 g/mol. The van der Waals surface area contributed by atoms with Gasteiger partial charge in [0.15, 0.2) is 0 Å². The number of benzene rings is 2. The predicted molar refractivity (Wildman–Crippen MR) is 159 cm³/mol. The van der Waals surface area contributed by atoms with Gasteiger partial charge in [-0.25, -0.2) is 0 Å². The largest absolute Gasteiger partial charge is 0.369 e. The van der Waals surface area contributed by atoms with Crippen LogP contribution in [-0.2, 0) is 0 Å². The Morgan fingerprint density at radius 2 is 0.861 bits per heavy atom. The summed E-state index contributed by atoms with van der Waals surface area (Å²) in [5.74, 6) is 2.30. The molecule has 0 aromatic heterocycles. The Labute approximate surface area is 235 Å². The van der Waals surface area contributed by atoms with Gasteiger partial charge in [-0.2, -0.15) is 10.2 Å². The lowest BCUT2D eigenvalue weighted by atomic mass is 10.2. The molecule has 0 radical (unpaired) electrons. The average Bonchev–Trinajstić information content (AvgIpc) is 2.92. The minimum atomic E-state index is 0.575. The zero-order valence-corrected chi connectivity index (χ0v) is 23.5. The van der Waals surface area contributed by atoms with E-state index in [1.807, 2.05) is 12.4 Å². The van der Waals surface area contributed by atoms with Crippen LogP contribution in [0.1, 0.15) is 11.1 Å². The standard InChI is InChI=1S/C26H34Cl4N6/c27-9-13-33(14-10-28)25-5-1-23(2-6-25)21-31-35-17-19-36(20-18-35)32-22-24-3-7-26(8-4-24)34(15-11-29)16-12-30/h1-8,21-22H,9-20H2. The van der Waals surface area contributed by atoms with Crippen LogP contribution in [0, 0.1) is 0 Å². The Morgan fingerprint density at radius 3 is 1.14 bits per heavy atom. The molecule has 1 heterocycles. The summed E-state index contributed by atoms with van der Waals surface area (Å²) in [5, 5.41) is 13.5. The molecular formula is C26H34Cl4N6. The van der Waals surface area contributed by atoms with E-state index in [4.69, 9.17) is 46.4 Å². The molecule has 196 valence electrons. The van der Waals surface area contributed by atoms with Crippen LogP contribution in [0.2, 0.25) is 0 Å². The SMILES string of the molecule is ClCCN(CCCl)c1ccc(C=NN2CCN(N=Cc3ccc(N(CCCl)CCCl)cc3)CC2)cc1. The molecule has 3 rings (SSSR count). The fourth-order valence-electron chi connectivity index (χ4n) is 3.90. The third kappa shape index (κ3) is 9.22. The van der Waals surface area contributed by atoms with E-state index in [0.717, 1.165) is 74.9 Å². The number of rotatable bonds is 14. The highest BCUT2D eigenvalue weighted by atomic mass is 35.5. The Balaban J connectivity index is 1.46. The summed E-state index contributed by atoms with van der Waals surface area (Å²) in [6.45, 7) is 6.43. The van der Waals surface area contributed by atoms with Gasteiger partial charge in [-0.15, -0.1) is 46.4 Å². The maximum atomic E-state index is 5.91. The second kappa shape index (κ2) is 16.1. The zero-order chi connectivity index (χ0) is 25.6. The van der Waals surface area contributed by atoms with E-state index in [-0.39, 0.29) is 0 Å². The molecule has 1 aliphatic rings. The molecule has 0 N–H and O–H groups in total. The van der Waals surface area contributed by atoms with Crippen LogP contribution in [0.5, 0.6) is 0 Å². The Morgan fingerprint density at radius 1 is 0.556 bits per heavy atom. The van der Waals surface area contributed by atoms with Crippen LogP contribution in [0.4, 0.5) is 11.4 Å². The van der Waals surface area contributed by atoms with Gasteiger partial charge in [0.1, 0.15) is 0 Å². The fourth-order valence-corrected chi connectivity index (χ4v) is 4.72. The van der Waals surface area contributed by atoms with Crippen molar-refractivity contribution in [2.45, 2.75) is 0 Å². The van der Waals surface area contributed by atoms with Crippen molar-refractivity contribution in [3.63, 3.8) is 0 Å². The molecule has 0 aliphatic carbocycles. The van der Waals surface area contributed by atoms with E-state index >= 15 is 0 Å². The monoisotopic (exact) mass is 570 g/mol. The van der Waals surface area contributed by atoms with E-state index in [0.29, 0.717) is 23.5 Å². The van der Waals surface area contributed by atoms with Crippen molar-refractivity contribution in [2.75, 3.05) is 85.7 Å². The average molecular weight is 572 g/mol. The van der Waals surface area contributed by atoms with Crippen molar-refractivity contribution >= 4 is 70.2 Å². The number of hydrazone groups is 2. The minimum Gasteiger partial charge on any atom is -0.369 e. The molecule has 0 unspecified atom stereocenters. The van der Waals surface area contributed by atoms with Crippen LogP contribution >= 0.6 is 46.4 Å². The van der Waals surface area contributed by atoms with Gasteiger partial charge < -0.3 is 9.80 Å². The first-order valence-electron chi connectivity index (χ1n) is 12.2. The summed E-state index contributed by atoms with van der Waals surface area (Å²) in [4.78, 5) is 4.37. The first-order chi connectivity index (χ1) is 17.7. The minimum absolute atomic E-state index is 0.575. The number of alkyl halides is 4. The molecule has 2 aromatic rings. The van der Waals surface area contributed by atoms with E-state index in [1.54, 1.807) is 0 Å². The molecule has 0 bridgehead atoms. The van der Waals surface area contributed by atoms with Gasteiger partial charge in [0.25, 0.3) is 0 Å². The van der Waals surface area contributed by atoms with Crippen LogP contribution in [-0.4, -0.2) is 98.3 Å². The fraction of sp³-hybridized carbons (Fsp3) is 0.462. The smallest absolute Gasteiger partial charge is 0.0553 e. The molecule has 1 fully saturated rings. The number of halogens is 4. The summed E-state index contributed by atoms with van der Waals surface area (Å²) >= 11 is 23.7. The maximum Gasteiger partial charge on any atom is 0.0553 e. The van der Waals surface area contributed by atoms with Gasteiger partial charge in [0.05, 0.1) is 38.6 Å². The quantitative estimate of drug-likeness (QED) is 0.229. The zero-order valence-electron chi connectivity index (χ0n) is 20.5. The summed E-state index contributed by atoms with van der Waals surface area (Å²) in [6, 6.07) is 16.7. The van der Waals surface area contributed by atoms with E-state index in [1.165, 1.54) is 0 Å². The molecule has 2 aromatic carbocycles. The van der Waals surface area contributed by atoms with Crippen molar-refractivity contribution in [1.82, 2.24) is 10.0 Å². The second-order valence-corrected chi connectivity index (χ2v) is 9.82. The summed E-state index contributed by atoms with van der Waals surface area (Å²) in [7, 11) is 0. The van der Waals surface area contributed by atoms with Gasteiger partial charge in [-0.3, -0.25) is 10.0 Å². The molecule has 6 nitrogen and oxygen atoms in total. The molecule has 0 amide bonds. The lowest BCUT2D eigenvalue weighted by Gasteiger charge is -2.31. The molecule has 0 saturated carbocycles. The van der Waals surface area contributed by atoms with E-state index in [9.17, 15) is 0 Å². The number of piperazine rings is 1. The third-order valence-electron chi connectivity index (χ3n) is 5.91. The van der Waals surface area contributed by atoms with Crippen molar-refractivity contribution in [3.8, 4) is 0 Å². The highest BCUT2D eigenvalue weighted by Gasteiger charge is 2.13. The topological polar surface area (TPSA) is 37.7 Å². The van der Waals surface area contributed by atoms with Crippen molar-refractivity contribution in [1.29, 1.82) is 0 Å². The Kier molecular flexibility index (Phi) is 12.8. The lowest BCUT2D eigenvalue weighted by molar-refractivity contribution is 0.141. The molecule has 10 heteroatoms. The van der Waals surface area contributed by atoms with Crippen molar-refractivity contribution in [2.24, 2.45) is 10.2 Å². The maximum absolute atomic E-state index is 5.91. The summed E-state index contributed by atoms with van der Waals surface area (Å²) in [6.07, 6.45) is 3.82. The molecule has 36 heavy (non-hydrogen) atoms. The first-order valence-corrected chi connectivity index (χ1v) is 14.3. The number of anilines is 2. The number of nitrogens with zero attached hydrogens (tertiary/aromatic N) is 6. The third-order valence-corrected chi connectivity index (χ3v) is 6.58. The van der Waals surface area contributed by atoms with Crippen LogP contribution < -0.4 is 9.80 Å². The van der Waals surface area contributed by atoms with Crippen molar-refractivity contribution < 1.29 is 0 Å². The van der Waals surface area contributed by atoms with Crippen molar-refractivity contribution in [3.05, 3.63) is 59.7 Å². The Bertz CT molecular complexity index is 841. The molecule has 1 aliphatic heterocycles. The van der Waals surface area contributed by atoms with Crippen LogP contribution in [0.3, 0.4) is 0 Å². The van der Waals surface area contributed by atoms with Gasteiger partial charge in [0, 0.05) is 61.1 Å². The highest BCUT2D eigenvalue weighted by molar-refractivity contribution is 6.19. The van der Waals surface area contributed by atoms with E-state index in [2.05, 4.69) is 78.6 Å². The Hall–Kier alpha value is -1.86. The second-order valence-electron chi connectivity index (χ2n) is 8.31. The summed E-state index contributed by atoms with van der Waals surface area (Å²) in [5.41, 5.74) is 4.37. The van der Waals surface area contributed by atoms with Crippen LogP contribution in [0.15, 0.2) is 58.7 Å². The molecule has 1 saturated heterocycles. The van der Waals surface area contributed by atoms with Gasteiger partial charge in [-0.05, 0) is 35.4 Å². The number of hydrogen-bond donors (Lipinski definition) is 0. The normalized spacial score (nSPS) is 14.2. The number of hydrogen-bond acceptors (Lipinski definition) is 6. The first kappa shape index (κ1) is 28.7. The van der Waals surface area contributed by atoms with Crippen LogP contribution in [0.25, 0.3) is 0 Å². The van der Waals surface area contributed by atoms with Gasteiger partial charge in [-0.1, -0.05) is 24.3 Å². The highest BCUT2D eigenvalue weighted by Crippen LogP contribution is 2.16. The summed E-state index contributed by atoms with van der Waals surface area (Å²) < 4.78 is 0. The lowest BCUT2D eigenvalue weighted by Crippen LogP contribution is -2.41. The van der Waals surface area contributed by atoms with Gasteiger partial charge >= 0.3 is 0 Å². The predicted octanol–water partition coefficient (Wildman–Crippen LogP) is 5.24. The molecule has 0 spiro atoms.